The summed E-state index contributed by atoms with van der Waals surface area (Å²) in [4.78, 5) is 29.1. The number of carboxylic acid groups (broad SMARTS) is 3. The number of alkyl halides is 6. The Morgan fingerprint density at radius 2 is 0.872 bits per heavy atom. The van der Waals surface area contributed by atoms with Gasteiger partial charge in [0.05, 0.1) is 22.3 Å². The molecule has 254 valence electrons. The lowest BCUT2D eigenvalue weighted by molar-refractivity contribution is -0.144. The molecule has 3 N–H and O–H groups in total. The molecule has 0 amide bonds. The highest BCUT2D eigenvalue weighted by atomic mass is 19.4. The summed E-state index contributed by atoms with van der Waals surface area (Å²) in [5.74, 6) is -7.33. The van der Waals surface area contributed by atoms with E-state index in [1.807, 2.05) is 0 Å². The molecule has 4 rings (SSSR count). The fourth-order valence-electron chi connectivity index (χ4n) is 2.81. The second-order valence-electron chi connectivity index (χ2n) is 7.94. The zero-order valence-corrected chi connectivity index (χ0v) is 22.8. The molecule has 0 aliphatic rings. The molecule has 0 aliphatic heterocycles. The predicted octanol–water partition coefficient (Wildman–Crippen LogP) is 8.72. The Morgan fingerprint density at radius 1 is 0.532 bits per heavy atom. The van der Waals surface area contributed by atoms with Crippen molar-refractivity contribution in [1.82, 2.24) is 0 Å². The van der Waals surface area contributed by atoms with E-state index in [1.54, 1.807) is 0 Å². The molecule has 18 heteroatoms. The Kier molecular flexibility index (Phi) is 16.8. The number of carboxylic acids is 2. The second-order valence-corrected chi connectivity index (χ2v) is 7.94. The maximum Gasteiger partial charge on any atom is 0.417 e. The molecule has 4 aromatic carbocycles. The summed E-state index contributed by atoms with van der Waals surface area (Å²) in [6.07, 6.45) is -10.3. The highest BCUT2D eigenvalue weighted by Crippen LogP contribution is 2.39. The quantitative estimate of drug-likeness (QED) is 0.143. The first-order chi connectivity index (χ1) is 21.6. The van der Waals surface area contributed by atoms with Crippen LogP contribution in [0.25, 0.3) is 0 Å². The van der Waals surface area contributed by atoms with Gasteiger partial charge < -0.3 is 15.3 Å². The largest absolute Gasteiger partial charge is 0.483 e. The lowest BCUT2D eigenvalue weighted by Crippen LogP contribution is -2.19. The minimum atomic E-state index is -5.16. The topological polar surface area (TPSA) is 112 Å². The van der Waals surface area contributed by atoms with E-state index in [1.165, 1.54) is 18.2 Å². The molecule has 0 saturated carbocycles. The number of rotatable bonds is 2. The standard InChI is InChI=1S/C9H4F6O2.C7H4F2O2.2C6H4F2.CH2O2/c10-8(11,12)4-2-1-3-5(9(13,14)15)6(4)7(16)17;8-4-1-2-6(9)5(3-4)7(10)11;7-5-1-2-6(8)4-3-5;7-5-2-1-3-6(8)4-5;2-1-3/h1-3H,(H,16,17);1-3H,(H,10,11);2*1-4H;1H,(H,2,3). The van der Waals surface area contributed by atoms with Crippen LogP contribution in [0, 0.1) is 34.9 Å². The Balaban J connectivity index is 0.000000611. The Hall–Kier alpha value is -5.55. The first-order valence-corrected chi connectivity index (χ1v) is 11.7. The van der Waals surface area contributed by atoms with Crippen molar-refractivity contribution >= 4 is 18.4 Å². The number of carbonyl (C=O) groups is 3. The van der Waals surface area contributed by atoms with Gasteiger partial charge in [0.15, 0.2) is 0 Å². The molecular weight excluding hydrogens is 672 g/mol. The van der Waals surface area contributed by atoms with Crippen LogP contribution in [0.2, 0.25) is 0 Å². The summed E-state index contributed by atoms with van der Waals surface area (Å²) in [6, 6.07) is 12.2. The first-order valence-electron chi connectivity index (χ1n) is 11.7. The van der Waals surface area contributed by atoms with E-state index in [4.69, 9.17) is 20.1 Å². The summed E-state index contributed by atoms with van der Waals surface area (Å²) in [5.41, 5.74) is -6.07. The number of hydrogen-bond donors (Lipinski definition) is 3. The van der Waals surface area contributed by atoms with Gasteiger partial charge in [0.25, 0.3) is 6.47 Å². The van der Waals surface area contributed by atoms with E-state index in [-0.39, 0.29) is 6.47 Å². The van der Waals surface area contributed by atoms with E-state index >= 15 is 0 Å². The van der Waals surface area contributed by atoms with E-state index in [9.17, 15) is 62.3 Å². The van der Waals surface area contributed by atoms with Gasteiger partial charge >= 0.3 is 24.3 Å². The molecule has 0 aliphatic carbocycles. The normalized spacial score (nSPS) is 10.2. The van der Waals surface area contributed by atoms with Gasteiger partial charge in [0.2, 0.25) is 0 Å². The zero-order valence-electron chi connectivity index (χ0n) is 22.8. The molecule has 47 heavy (non-hydrogen) atoms. The van der Waals surface area contributed by atoms with Gasteiger partial charge in [0.1, 0.15) is 34.9 Å². The van der Waals surface area contributed by atoms with Crippen LogP contribution < -0.4 is 0 Å². The maximum atomic E-state index is 12.5. The Morgan fingerprint density at radius 3 is 1.15 bits per heavy atom. The summed E-state index contributed by atoms with van der Waals surface area (Å²) >= 11 is 0. The molecule has 0 heterocycles. The van der Waals surface area contributed by atoms with Crippen LogP contribution in [0.5, 0.6) is 0 Å². The van der Waals surface area contributed by atoms with Gasteiger partial charge in [-0.1, -0.05) is 12.1 Å². The molecule has 0 aromatic heterocycles. The molecule has 0 fully saturated rings. The molecule has 6 nitrogen and oxygen atoms in total. The molecule has 4 aromatic rings. The third kappa shape index (κ3) is 15.8. The van der Waals surface area contributed by atoms with Crippen molar-refractivity contribution in [2.75, 3.05) is 0 Å². The highest BCUT2D eigenvalue weighted by Gasteiger charge is 2.42. The second kappa shape index (κ2) is 19.1. The van der Waals surface area contributed by atoms with Crippen molar-refractivity contribution in [2.45, 2.75) is 12.4 Å². The van der Waals surface area contributed by atoms with Gasteiger partial charge in [0, 0.05) is 6.07 Å². The minimum Gasteiger partial charge on any atom is -0.483 e. The van der Waals surface area contributed by atoms with Crippen molar-refractivity contribution in [3.63, 3.8) is 0 Å². The fourth-order valence-corrected chi connectivity index (χ4v) is 2.81. The van der Waals surface area contributed by atoms with Crippen LogP contribution in [0.15, 0.2) is 84.9 Å². The summed E-state index contributed by atoms with van der Waals surface area (Å²) < 4.78 is 147. The number of halogens is 12. The molecule has 0 saturated heterocycles. The molecule has 0 atom stereocenters. The summed E-state index contributed by atoms with van der Waals surface area (Å²) in [7, 11) is 0. The van der Waals surface area contributed by atoms with Gasteiger partial charge in [-0.3, -0.25) is 4.79 Å². The SMILES string of the molecule is Fc1ccc(F)cc1.Fc1cccc(F)c1.O=C(O)c1c(C(F)(F)F)cccc1C(F)(F)F.O=C(O)c1cc(F)ccc1F.O=CO. The van der Waals surface area contributed by atoms with Gasteiger partial charge in [-0.15, -0.1) is 0 Å². The van der Waals surface area contributed by atoms with Crippen molar-refractivity contribution in [1.29, 1.82) is 0 Å². The lowest BCUT2D eigenvalue weighted by Gasteiger charge is -2.15. The number of aromatic carboxylic acids is 2. The van der Waals surface area contributed by atoms with Crippen molar-refractivity contribution in [3.8, 4) is 0 Å². The zero-order chi connectivity index (χ0) is 36.5. The van der Waals surface area contributed by atoms with E-state index in [0.29, 0.717) is 24.3 Å². The van der Waals surface area contributed by atoms with E-state index in [0.717, 1.165) is 42.5 Å². The minimum absolute atomic E-state index is 0.250. The molecule has 0 unspecified atom stereocenters. The average molecular weight is 690 g/mol. The van der Waals surface area contributed by atoms with Crippen LogP contribution in [0.4, 0.5) is 52.7 Å². The van der Waals surface area contributed by atoms with Crippen molar-refractivity contribution in [3.05, 3.63) is 142 Å². The van der Waals surface area contributed by atoms with Crippen LogP contribution in [0.3, 0.4) is 0 Å². The summed E-state index contributed by atoms with van der Waals surface area (Å²) in [6.45, 7) is -0.250. The maximum absolute atomic E-state index is 12.5. The van der Waals surface area contributed by atoms with Gasteiger partial charge in [-0.2, -0.15) is 26.3 Å². The Labute approximate surface area is 255 Å². The summed E-state index contributed by atoms with van der Waals surface area (Å²) in [5, 5.41) is 23.6. The van der Waals surface area contributed by atoms with Gasteiger partial charge in [-0.05, 0) is 66.7 Å². The smallest absolute Gasteiger partial charge is 0.417 e. The van der Waals surface area contributed by atoms with E-state index < -0.39 is 81.4 Å². The van der Waals surface area contributed by atoms with Crippen molar-refractivity contribution in [2.24, 2.45) is 0 Å². The van der Waals surface area contributed by atoms with E-state index in [2.05, 4.69) is 0 Å². The monoisotopic (exact) mass is 690 g/mol. The van der Waals surface area contributed by atoms with Crippen LogP contribution in [-0.2, 0) is 17.1 Å². The molecule has 0 bridgehead atoms. The third-order valence-corrected chi connectivity index (χ3v) is 4.64. The average Bonchev–Trinajstić information content (AvgIpc) is 2.96. The van der Waals surface area contributed by atoms with Gasteiger partial charge in [-0.25, -0.2) is 35.9 Å². The highest BCUT2D eigenvalue weighted by molar-refractivity contribution is 5.91. The van der Waals surface area contributed by atoms with Crippen LogP contribution in [0.1, 0.15) is 31.8 Å². The number of benzene rings is 4. The predicted molar refractivity (Wildman–Crippen MR) is 138 cm³/mol. The van der Waals surface area contributed by atoms with Crippen LogP contribution in [-0.4, -0.2) is 33.7 Å². The molecule has 0 spiro atoms. The lowest BCUT2D eigenvalue weighted by atomic mass is 10.0. The number of hydrogen-bond acceptors (Lipinski definition) is 3. The molecule has 0 radical (unpaired) electrons. The Bertz CT molecular complexity index is 1530. The first kappa shape index (κ1) is 41.4. The molecular formula is C29H18F12O6. The van der Waals surface area contributed by atoms with Crippen molar-refractivity contribution < 1.29 is 82.4 Å². The fraction of sp³-hybridized carbons (Fsp3) is 0.0690. The third-order valence-electron chi connectivity index (χ3n) is 4.64. The van der Waals surface area contributed by atoms with Crippen LogP contribution >= 0.6 is 0 Å².